The molecule has 1 amide bonds. The Morgan fingerprint density at radius 3 is 2.55 bits per heavy atom. The van der Waals surface area contributed by atoms with Crippen LogP contribution in [-0.2, 0) is 9.53 Å². The van der Waals surface area contributed by atoms with Crippen LogP contribution in [0.3, 0.4) is 0 Å². The van der Waals surface area contributed by atoms with Crippen LogP contribution in [0.2, 0.25) is 0 Å². The van der Waals surface area contributed by atoms with Crippen LogP contribution in [0.15, 0.2) is 18.2 Å². The molecule has 0 saturated heterocycles. The Morgan fingerprint density at radius 2 is 1.95 bits per heavy atom. The van der Waals surface area contributed by atoms with Crippen molar-refractivity contribution < 1.29 is 23.8 Å². The van der Waals surface area contributed by atoms with Crippen LogP contribution in [0.5, 0.6) is 11.5 Å². The van der Waals surface area contributed by atoms with Crippen molar-refractivity contribution in [2.45, 2.75) is 33.3 Å². The summed E-state index contributed by atoms with van der Waals surface area (Å²) in [5.41, 5.74) is 0.305. The first-order valence-electron chi connectivity index (χ1n) is 7.33. The number of carbonyl (C=O) groups excluding carboxylic acids is 2. The van der Waals surface area contributed by atoms with Crippen molar-refractivity contribution in [3.63, 3.8) is 0 Å². The van der Waals surface area contributed by atoms with Crippen molar-refractivity contribution in [2.75, 3.05) is 20.3 Å². The lowest BCUT2D eigenvalue weighted by molar-refractivity contribution is -0.129. The van der Waals surface area contributed by atoms with Gasteiger partial charge in [0.05, 0.1) is 19.3 Å². The normalized spacial score (nSPS) is 11.5. The number of hydrogen-bond donors (Lipinski definition) is 1. The maximum absolute atomic E-state index is 12.1. The van der Waals surface area contributed by atoms with Crippen LogP contribution in [0.1, 0.15) is 37.6 Å². The lowest BCUT2D eigenvalue weighted by Gasteiger charge is -2.14. The molecule has 0 saturated carbocycles. The summed E-state index contributed by atoms with van der Waals surface area (Å²) in [4.78, 5) is 23.8. The molecule has 0 radical (unpaired) electrons. The van der Waals surface area contributed by atoms with Gasteiger partial charge < -0.3 is 19.5 Å². The fourth-order valence-corrected chi connectivity index (χ4v) is 1.75. The van der Waals surface area contributed by atoms with Crippen LogP contribution < -0.4 is 14.8 Å². The number of carbonyl (C=O) groups is 2. The van der Waals surface area contributed by atoms with Crippen LogP contribution in [0.4, 0.5) is 0 Å². The molecule has 0 aromatic heterocycles. The average Bonchev–Trinajstić information content (AvgIpc) is 2.52. The van der Waals surface area contributed by atoms with Crippen molar-refractivity contribution in [1.29, 1.82) is 0 Å². The molecule has 1 aromatic carbocycles. The molecular weight excluding hydrogens is 286 g/mol. The van der Waals surface area contributed by atoms with Crippen LogP contribution in [-0.4, -0.2) is 38.2 Å². The Bertz CT molecular complexity index is 515. The van der Waals surface area contributed by atoms with Crippen LogP contribution in [0, 0.1) is 0 Å². The van der Waals surface area contributed by atoms with Gasteiger partial charge in [-0.2, -0.15) is 0 Å². The van der Waals surface area contributed by atoms with Crippen molar-refractivity contribution in [3.8, 4) is 11.5 Å². The summed E-state index contributed by atoms with van der Waals surface area (Å²) in [6, 6.07) is 4.74. The first kappa shape index (κ1) is 17.8. The van der Waals surface area contributed by atoms with Gasteiger partial charge in [0.2, 0.25) is 0 Å². The second kappa shape index (κ2) is 8.92. The van der Waals surface area contributed by atoms with Gasteiger partial charge in [-0.25, -0.2) is 4.79 Å². The van der Waals surface area contributed by atoms with Gasteiger partial charge in [-0.05, 0) is 38.5 Å². The molecule has 0 aliphatic carbocycles. The van der Waals surface area contributed by atoms with Gasteiger partial charge in [0.15, 0.2) is 17.6 Å². The largest absolute Gasteiger partial charge is 0.493 e. The molecule has 1 N–H and O–H groups in total. The Balaban J connectivity index is 2.76. The van der Waals surface area contributed by atoms with E-state index in [4.69, 9.17) is 14.2 Å². The molecule has 0 bridgehead atoms. The highest BCUT2D eigenvalue weighted by Gasteiger charge is 2.19. The van der Waals surface area contributed by atoms with E-state index < -0.39 is 12.1 Å². The Morgan fingerprint density at radius 1 is 1.23 bits per heavy atom. The maximum Gasteiger partial charge on any atom is 0.339 e. The molecule has 0 aliphatic rings. The quantitative estimate of drug-likeness (QED) is 0.745. The monoisotopic (exact) mass is 309 g/mol. The van der Waals surface area contributed by atoms with Gasteiger partial charge in [-0.3, -0.25) is 4.79 Å². The SMILES string of the molecule is CCCNC(=O)[C@@H](C)OC(=O)c1ccc(OC)c(OCC)c1. The molecule has 22 heavy (non-hydrogen) atoms. The van der Waals surface area contributed by atoms with E-state index in [-0.39, 0.29) is 5.91 Å². The molecule has 1 aromatic rings. The van der Waals surface area contributed by atoms with E-state index in [0.717, 1.165) is 6.42 Å². The van der Waals surface area contributed by atoms with Gasteiger partial charge in [0, 0.05) is 6.54 Å². The zero-order valence-corrected chi connectivity index (χ0v) is 13.5. The fraction of sp³-hybridized carbons (Fsp3) is 0.500. The molecule has 1 rings (SSSR count). The topological polar surface area (TPSA) is 73.9 Å². The van der Waals surface area contributed by atoms with Crippen LogP contribution in [0.25, 0.3) is 0 Å². The number of amides is 1. The average molecular weight is 309 g/mol. The maximum atomic E-state index is 12.1. The number of ether oxygens (including phenoxy) is 3. The molecule has 1 atom stereocenters. The van der Waals surface area contributed by atoms with Crippen molar-refractivity contribution in [2.24, 2.45) is 0 Å². The van der Waals surface area contributed by atoms with E-state index in [9.17, 15) is 9.59 Å². The van der Waals surface area contributed by atoms with E-state index in [2.05, 4.69) is 5.32 Å². The summed E-state index contributed by atoms with van der Waals surface area (Å²) >= 11 is 0. The predicted molar refractivity (Wildman–Crippen MR) is 82.3 cm³/mol. The van der Waals surface area contributed by atoms with Gasteiger partial charge >= 0.3 is 5.97 Å². The van der Waals surface area contributed by atoms with Crippen molar-refractivity contribution in [3.05, 3.63) is 23.8 Å². The van der Waals surface area contributed by atoms with E-state index in [1.165, 1.54) is 14.0 Å². The molecule has 0 unspecified atom stereocenters. The zero-order chi connectivity index (χ0) is 16.5. The summed E-state index contributed by atoms with van der Waals surface area (Å²) in [7, 11) is 1.52. The molecule has 0 fully saturated rings. The summed E-state index contributed by atoms with van der Waals surface area (Å²) in [6.07, 6.45) is -0.0283. The standard InChI is InChI=1S/C16H23NO5/c1-5-9-17-15(18)11(3)22-16(19)12-7-8-13(20-4)14(10-12)21-6-2/h7-8,10-11H,5-6,9H2,1-4H3,(H,17,18)/t11-/m1/s1. The Kier molecular flexibility index (Phi) is 7.22. The minimum atomic E-state index is -0.850. The highest BCUT2D eigenvalue weighted by atomic mass is 16.5. The number of esters is 1. The van der Waals surface area contributed by atoms with Gasteiger partial charge in [-0.1, -0.05) is 6.92 Å². The smallest absolute Gasteiger partial charge is 0.339 e. The molecule has 0 aliphatic heterocycles. The van der Waals surface area contributed by atoms with Crippen LogP contribution >= 0.6 is 0 Å². The number of benzene rings is 1. The third kappa shape index (κ3) is 4.95. The second-order valence-electron chi connectivity index (χ2n) is 4.64. The zero-order valence-electron chi connectivity index (χ0n) is 13.5. The van der Waals surface area contributed by atoms with E-state index >= 15 is 0 Å². The number of nitrogens with one attached hydrogen (secondary N) is 1. The summed E-state index contributed by atoms with van der Waals surface area (Å²) in [5.74, 6) is 0.103. The third-order valence-electron chi connectivity index (χ3n) is 2.90. The predicted octanol–water partition coefficient (Wildman–Crippen LogP) is 2.17. The van der Waals surface area contributed by atoms with Gasteiger partial charge in [-0.15, -0.1) is 0 Å². The lowest BCUT2D eigenvalue weighted by Crippen LogP contribution is -2.36. The van der Waals surface area contributed by atoms with Gasteiger partial charge in [0.1, 0.15) is 0 Å². The van der Waals surface area contributed by atoms with Gasteiger partial charge in [0.25, 0.3) is 5.91 Å². The second-order valence-corrected chi connectivity index (χ2v) is 4.64. The van der Waals surface area contributed by atoms with Crippen molar-refractivity contribution in [1.82, 2.24) is 5.32 Å². The molecule has 0 heterocycles. The first-order valence-corrected chi connectivity index (χ1v) is 7.33. The molecule has 6 heteroatoms. The molecule has 0 spiro atoms. The number of rotatable bonds is 8. The highest BCUT2D eigenvalue weighted by Crippen LogP contribution is 2.28. The third-order valence-corrected chi connectivity index (χ3v) is 2.90. The molecule has 6 nitrogen and oxygen atoms in total. The Hall–Kier alpha value is -2.24. The molecular formula is C16H23NO5. The Labute approximate surface area is 130 Å². The van der Waals surface area contributed by atoms with E-state index in [0.29, 0.717) is 30.2 Å². The number of hydrogen-bond acceptors (Lipinski definition) is 5. The van der Waals surface area contributed by atoms with Crippen molar-refractivity contribution >= 4 is 11.9 Å². The minimum absolute atomic E-state index is 0.305. The molecule has 122 valence electrons. The summed E-state index contributed by atoms with van der Waals surface area (Å²) in [5, 5.41) is 2.68. The van der Waals surface area contributed by atoms with E-state index in [1.807, 2.05) is 13.8 Å². The minimum Gasteiger partial charge on any atom is -0.493 e. The first-order chi connectivity index (χ1) is 10.5. The number of methoxy groups -OCH3 is 1. The summed E-state index contributed by atoms with van der Waals surface area (Å²) in [6.45, 7) is 6.33. The fourth-order valence-electron chi connectivity index (χ4n) is 1.75. The summed E-state index contributed by atoms with van der Waals surface area (Å²) < 4.78 is 15.7. The lowest BCUT2D eigenvalue weighted by atomic mass is 10.2. The highest BCUT2D eigenvalue weighted by molar-refractivity contribution is 5.92. The van der Waals surface area contributed by atoms with E-state index in [1.54, 1.807) is 18.2 Å².